The number of carboxylic acid groups (broad SMARTS) is 1. The smallest absolute Gasteiger partial charge is 0.412 e. The number of carbonyl (C=O) groups excluding carboxylic acids is 2. The first-order valence-corrected chi connectivity index (χ1v) is 11.2. The Kier molecular flexibility index (Phi) is 4.48. The van der Waals surface area contributed by atoms with E-state index in [1.165, 1.54) is 11.0 Å². The number of hydrogen-bond donors (Lipinski definition) is 3. The number of nitrogens with zero attached hydrogens (tertiary/aromatic N) is 2. The van der Waals surface area contributed by atoms with Gasteiger partial charge in [-0.3, -0.25) is 20.0 Å². The van der Waals surface area contributed by atoms with Crippen molar-refractivity contribution in [1.82, 2.24) is 15.1 Å². The van der Waals surface area contributed by atoms with Gasteiger partial charge in [-0.25, -0.2) is 4.79 Å². The molecule has 2 fully saturated rings. The van der Waals surface area contributed by atoms with Crippen molar-refractivity contribution >= 4 is 23.8 Å². The lowest BCUT2D eigenvalue weighted by Gasteiger charge is -2.18. The number of aliphatic carboxylic acids is 1. The molecule has 172 valence electrons. The summed E-state index contributed by atoms with van der Waals surface area (Å²) in [5.41, 5.74) is 3.92. The van der Waals surface area contributed by atoms with E-state index in [2.05, 4.69) is 27.6 Å². The highest BCUT2D eigenvalue weighted by Gasteiger charge is 2.66. The summed E-state index contributed by atoms with van der Waals surface area (Å²) in [5.74, 6) is -1.07. The molecule has 1 aromatic heterocycles. The first-order chi connectivity index (χ1) is 16.5. The molecule has 2 unspecified atom stereocenters. The van der Waals surface area contributed by atoms with Gasteiger partial charge in [-0.05, 0) is 34.6 Å². The fraction of sp³-hybridized carbons (Fsp3) is 0.280. The largest absolute Gasteiger partial charge is 0.481 e. The van der Waals surface area contributed by atoms with Gasteiger partial charge in [-0.2, -0.15) is 5.10 Å². The Morgan fingerprint density at radius 1 is 1.12 bits per heavy atom. The fourth-order valence-corrected chi connectivity index (χ4v) is 5.37. The topological polar surface area (TPSA) is 125 Å². The highest BCUT2D eigenvalue weighted by molar-refractivity contribution is 5.95. The number of benzene rings is 2. The van der Waals surface area contributed by atoms with Gasteiger partial charge in [0.15, 0.2) is 5.82 Å². The summed E-state index contributed by atoms with van der Waals surface area (Å²) in [4.78, 5) is 38.2. The zero-order valence-corrected chi connectivity index (χ0v) is 18.2. The van der Waals surface area contributed by atoms with Crippen LogP contribution in [0, 0.1) is 11.3 Å². The van der Waals surface area contributed by atoms with E-state index in [9.17, 15) is 19.5 Å². The summed E-state index contributed by atoms with van der Waals surface area (Å²) in [6, 6.07) is 17.6. The lowest BCUT2D eigenvalue weighted by Crippen LogP contribution is -2.34. The maximum atomic E-state index is 12.7. The molecule has 2 amide bonds. The van der Waals surface area contributed by atoms with Gasteiger partial charge in [0.05, 0.1) is 5.41 Å². The number of ether oxygens (including phenoxy) is 1. The van der Waals surface area contributed by atoms with Crippen molar-refractivity contribution in [2.45, 2.75) is 12.3 Å². The molecule has 2 atom stereocenters. The number of piperidine rings is 1. The standard InChI is InChI=1S/C25H22N4O5/c30-22(29-11-14-10-25(14,13-29)23(31)32)20-9-21(28-27-20)26-24(33)34-12-19-17-7-3-1-5-15(17)16-6-2-4-8-18(16)19/h1-9,14,19H,10-13H2,(H,31,32)(H2,26,27,28,33). The molecule has 2 heterocycles. The highest BCUT2D eigenvalue weighted by Crippen LogP contribution is 2.58. The normalized spacial score (nSPS) is 22.0. The van der Waals surface area contributed by atoms with Gasteiger partial charge in [-0.15, -0.1) is 0 Å². The summed E-state index contributed by atoms with van der Waals surface area (Å²) in [6.07, 6.45) is -0.0523. The predicted octanol–water partition coefficient (Wildman–Crippen LogP) is 3.32. The minimum atomic E-state index is -0.852. The van der Waals surface area contributed by atoms with E-state index in [1.807, 2.05) is 36.4 Å². The predicted molar refractivity (Wildman–Crippen MR) is 121 cm³/mol. The number of nitrogens with one attached hydrogen (secondary N) is 2. The molecule has 2 aliphatic carbocycles. The van der Waals surface area contributed by atoms with Gasteiger partial charge in [0.2, 0.25) is 0 Å². The molecule has 9 heteroatoms. The summed E-state index contributed by atoms with van der Waals surface area (Å²) >= 11 is 0. The molecule has 0 radical (unpaired) electrons. The quantitative estimate of drug-likeness (QED) is 0.539. The van der Waals surface area contributed by atoms with Gasteiger partial charge < -0.3 is 14.7 Å². The number of amides is 2. The maximum absolute atomic E-state index is 12.7. The van der Waals surface area contributed by atoms with E-state index in [0.29, 0.717) is 13.0 Å². The Hall–Kier alpha value is -4.14. The van der Waals surface area contributed by atoms with Crippen LogP contribution in [0.5, 0.6) is 0 Å². The Morgan fingerprint density at radius 2 is 1.79 bits per heavy atom. The molecule has 0 spiro atoms. The molecule has 1 saturated heterocycles. The average Bonchev–Trinajstić information content (AvgIpc) is 3.16. The van der Waals surface area contributed by atoms with Crippen LogP contribution in [0.15, 0.2) is 54.6 Å². The number of aromatic nitrogens is 2. The second kappa shape index (κ2) is 7.44. The van der Waals surface area contributed by atoms with Crippen molar-refractivity contribution in [3.63, 3.8) is 0 Å². The molecular weight excluding hydrogens is 436 g/mol. The van der Waals surface area contributed by atoms with E-state index < -0.39 is 17.5 Å². The molecule has 9 nitrogen and oxygen atoms in total. The van der Waals surface area contributed by atoms with E-state index in [1.54, 1.807) is 0 Å². The molecule has 0 bridgehead atoms. The number of carboxylic acids is 1. The lowest BCUT2D eigenvalue weighted by molar-refractivity contribution is -0.143. The van der Waals surface area contributed by atoms with E-state index in [4.69, 9.17) is 4.74 Å². The van der Waals surface area contributed by atoms with Crippen LogP contribution in [0.25, 0.3) is 11.1 Å². The second-order valence-electron chi connectivity index (χ2n) is 9.17. The number of likely N-dealkylation sites (tertiary alicyclic amines) is 1. The van der Waals surface area contributed by atoms with Crippen LogP contribution in [0.4, 0.5) is 10.6 Å². The van der Waals surface area contributed by atoms with Crippen LogP contribution in [0.2, 0.25) is 0 Å². The second-order valence-corrected chi connectivity index (χ2v) is 9.17. The summed E-state index contributed by atoms with van der Waals surface area (Å²) in [7, 11) is 0. The van der Waals surface area contributed by atoms with Crippen LogP contribution >= 0.6 is 0 Å². The third-order valence-electron chi connectivity index (χ3n) is 7.24. The zero-order valence-electron chi connectivity index (χ0n) is 18.2. The SMILES string of the molecule is O=C(Nc1cc(C(=O)N2CC3CC3(C(=O)O)C2)[nH]n1)OCC1c2ccccc2-c2ccccc21. The molecular formula is C25H22N4O5. The van der Waals surface area contributed by atoms with Crippen molar-refractivity contribution in [1.29, 1.82) is 0 Å². The van der Waals surface area contributed by atoms with Crippen LogP contribution in [-0.2, 0) is 9.53 Å². The van der Waals surface area contributed by atoms with Gasteiger partial charge in [0, 0.05) is 25.1 Å². The van der Waals surface area contributed by atoms with E-state index in [0.717, 1.165) is 22.3 Å². The van der Waals surface area contributed by atoms with E-state index >= 15 is 0 Å². The van der Waals surface area contributed by atoms with Crippen molar-refractivity contribution < 1.29 is 24.2 Å². The maximum Gasteiger partial charge on any atom is 0.412 e. The number of H-pyrrole nitrogens is 1. The van der Waals surface area contributed by atoms with Crippen LogP contribution < -0.4 is 5.32 Å². The minimum absolute atomic E-state index is 0.00953. The number of aromatic amines is 1. The van der Waals surface area contributed by atoms with Gasteiger partial charge in [-0.1, -0.05) is 48.5 Å². The Morgan fingerprint density at radius 3 is 2.44 bits per heavy atom. The number of fused-ring (bicyclic) bond motifs is 4. The Balaban J connectivity index is 1.08. The van der Waals surface area contributed by atoms with Crippen LogP contribution in [-0.4, -0.2) is 57.9 Å². The number of hydrogen-bond acceptors (Lipinski definition) is 5. The third-order valence-corrected chi connectivity index (χ3v) is 7.24. The summed E-state index contributed by atoms with van der Waals surface area (Å²) in [6.45, 7) is 0.780. The summed E-state index contributed by atoms with van der Waals surface area (Å²) in [5, 5.41) is 18.6. The van der Waals surface area contributed by atoms with Crippen LogP contribution in [0.1, 0.15) is 34.0 Å². The molecule has 34 heavy (non-hydrogen) atoms. The number of anilines is 1. The lowest BCUT2D eigenvalue weighted by atomic mass is 9.98. The van der Waals surface area contributed by atoms with Crippen molar-refractivity contribution in [3.05, 3.63) is 71.4 Å². The Labute approximate surface area is 194 Å². The first kappa shape index (κ1) is 20.5. The van der Waals surface area contributed by atoms with Gasteiger partial charge >= 0.3 is 12.1 Å². The molecule has 2 aromatic carbocycles. The third kappa shape index (κ3) is 3.15. The summed E-state index contributed by atoms with van der Waals surface area (Å²) < 4.78 is 5.51. The van der Waals surface area contributed by atoms with Gasteiger partial charge in [0.1, 0.15) is 12.3 Å². The molecule has 3 aromatic rings. The van der Waals surface area contributed by atoms with Gasteiger partial charge in [0.25, 0.3) is 5.91 Å². The first-order valence-electron chi connectivity index (χ1n) is 11.2. The Bertz CT molecular complexity index is 1290. The number of carbonyl (C=O) groups is 3. The average molecular weight is 458 g/mol. The molecule has 3 N–H and O–H groups in total. The zero-order chi connectivity index (χ0) is 23.4. The minimum Gasteiger partial charge on any atom is -0.481 e. The fourth-order valence-electron chi connectivity index (χ4n) is 5.37. The monoisotopic (exact) mass is 458 g/mol. The van der Waals surface area contributed by atoms with Crippen molar-refractivity contribution in [3.8, 4) is 11.1 Å². The molecule has 6 rings (SSSR count). The van der Waals surface area contributed by atoms with Crippen LogP contribution in [0.3, 0.4) is 0 Å². The van der Waals surface area contributed by atoms with Crippen molar-refractivity contribution in [2.75, 3.05) is 25.0 Å². The molecule has 1 aliphatic heterocycles. The van der Waals surface area contributed by atoms with E-state index in [-0.39, 0.29) is 42.4 Å². The highest BCUT2D eigenvalue weighted by atomic mass is 16.5. The molecule has 3 aliphatic rings. The number of rotatable bonds is 5. The molecule has 1 saturated carbocycles. The van der Waals surface area contributed by atoms with Crippen molar-refractivity contribution in [2.24, 2.45) is 11.3 Å².